The lowest BCUT2D eigenvalue weighted by Crippen LogP contribution is -2.23. The number of carbonyl (C=O) groups is 2. The number of fused-ring (bicyclic) bond motifs is 1. The van der Waals surface area contributed by atoms with E-state index in [-0.39, 0.29) is 5.15 Å². The van der Waals surface area contributed by atoms with Crippen LogP contribution >= 0.6 is 23.2 Å². The molecule has 30 heavy (non-hydrogen) atoms. The molecule has 2 aromatic carbocycles. The van der Waals surface area contributed by atoms with E-state index in [1.807, 2.05) is 60.0 Å². The van der Waals surface area contributed by atoms with Crippen LogP contribution in [0.3, 0.4) is 0 Å². The Kier molecular flexibility index (Phi) is 5.57. The lowest BCUT2D eigenvalue weighted by molar-refractivity contribution is -0.112. The molecule has 0 radical (unpaired) electrons. The van der Waals surface area contributed by atoms with Crippen molar-refractivity contribution in [3.05, 3.63) is 93.9 Å². The summed E-state index contributed by atoms with van der Waals surface area (Å²) in [6.07, 6.45) is 1.46. The van der Waals surface area contributed by atoms with Gasteiger partial charge in [-0.3, -0.25) is 9.59 Å². The van der Waals surface area contributed by atoms with E-state index in [4.69, 9.17) is 23.2 Å². The third-order valence-electron chi connectivity index (χ3n) is 4.90. The molecule has 0 atom stereocenters. The van der Waals surface area contributed by atoms with E-state index < -0.39 is 11.7 Å². The molecule has 0 aliphatic rings. The quantitative estimate of drug-likeness (QED) is 0.254. The molecule has 1 amide bonds. The average molecular weight is 438 g/mol. The predicted molar refractivity (Wildman–Crippen MR) is 119 cm³/mol. The van der Waals surface area contributed by atoms with Gasteiger partial charge in [0.2, 0.25) is 0 Å². The minimum atomic E-state index is -0.727. The third kappa shape index (κ3) is 3.95. The van der Waals surface area contributed by atoms with Crippen LogP contribution in [-0.2, 0) is 11.3 Å². The maximum atomic E-state index is 13.1. The van der Waals surface area contributed by atoms with Crippen molar-refractivity contribution in [3.63, 3.8) is 0 Å². The van der Waals surface area contributed by atoms with Crippen molar-refractivity contribution in [1.82, 2.24) is 9.55 Å². The number of amides is 1. The molecule has 5 nitrogen and oxygen atoms in total. The summed E-state index contributed by atoms with van der Waals surface area (Å²) >= 11 is 11.8. The summed E-state index contributed by atoms with van der Waals surface area (Å²) in [6.45, 7) is 2.40. The van der Waals surface area contributed by atoms with E-state index in [9.17, 15) is 9.59 Å². The van der Waals surface area contributed by atoms with Crippen LogP contribution < -0.4 is 5.32 Å². The highest BCUT2D eigenvalue weighted by atomic mass is 35.5. The van der Waals surface area contributed by atoms with Crippen molar-refractivity contribution in [2.45, 2.75) is 13.5 Å². The molecule has 0 unspecified atom stereocenters. The highest BCUT2D eigenvalue weighted by molar-refractivity contribution is 6.48. The Hall–Kier alpha value is -3.15. The van der Waals surface area contributed by atoms with E-state index in [2.05, 4.69) is 10.3 Å². The molecular formula is C23H17Cl2N3O2. The van der Waals surface area contributed by atoms with Crippen molar-refractivity contribution >= 4 is 51.5 Å². The molecule has 0 fully saturated rings. The number of halogens is 2. The molecule has 1 N–H and O–H groups in total. The zero-order valence-corrected chi connectivity index (χ0v) is 17.5. The zero-order valence-electron chi connectivity index (χ0n) is 16.0. The van der Waals surface area contributed by atoms with Crippen LogP contribution in [0.1, 0.15) is 21.6 Å². The first-order valence-corrected chi connectivity index (χ1v) is 9.99. The number of aromatic nitrogens is 2. The second-order valence-electron chi connectivity index (χ2n) is 6.84. The van der Waals surface area contributed by atoms with E-state index in [1.54, 1.807) is 6.07 Å². The zero-order chi connectivity index (χ0) is 21.3. The molecule has 0 aliphatic heterocycles. The smallest absolute Gasteiger partial charge is 0.296 e. The molecule has 4 rings (SSSR count). The summed E-state index contributed by atoms with van der Waals surface area (Å²) in [6, 6.07) is 18.2. The van der Waals surface area contributed by atoms with Crippen molar-refractivity contribution in [2.24, 2.45) is 0 Å². The Morgan fingerprint density at radius 3 is 2.50 bits per heavy atom. The lowest BCUT2D eigenvalue weighted by atomic mass is 10.1. The molecule has 0 aliphatic carbocycles. The SMILES string of the molecule is Cc1c(C(=O)C(=O)Nc2ccnc(Cl)c2)c2ccccc2n1Cc1ccc(Cl)cc1. The first-order chi connectivity index (χ1) is 14.4. The van der Waals surface area contributed by atoms with Gasteiger partial charge in [0, 0.05) is 40.0 Å². The standard InChI is InChI=1S/C23H17Cl2N3O2/c1-14-21(22(29)23(30)27-17-10-11-26-20(25)12-17)18-4-2-3-5-19(18)28(14)13-15-6-8-16(24)9-7-15/h2-12H,13H2,1H3,(H,26,27,30). The van der Waals surface area contributed by atoms with Crippen LogP contribution in [0.2, 0.25) is 10.2 Å². The highest BCUT2D eigenvalue weighted by Crippen LogP contribution is 2.28. The Bertz CT molecular complexity index is 1260. The van der Waals surface area contributed by atoms with E-state index in [0.717, 1.165) is 22.2 Å². The van der Waals surface area contributed by atoms with Gasteiger partial charge in [0.1, 0.15) is 5.15 Å². The van der Waals surface area contributed by atoms with E-state index in [1.165, 1.54) is 12.3 Å². The number of benzene rings is 2. The van der Waals surface area contributed by atoms with Gasteiger partial charge >= 0.3 is 0 Å². The molecule has 4 aromatic rings. The fourth-order valence-corrected chi connectivity index (χ4v) is 3.78. The first-order valence-electron chi connectivity index (χ1n) is 9.23. The summed E-state index contributed by atoms with van der Waals surface area (Å²) in [5.41, 5.74) is 3.44. The van der Waals surface area contributed by atoms with Gasteiger partial charge in [0.25, 0.3) is 11.7 Å². The number of hydrogen-bond donors (Lipinski definition) is 1. The number of pyridine rings is 1. The topological polar surface area (TPSA) is 64.0 Å². The molecule has 0 bridgehead atoms. The Balaban J connectivity index is 1.71. The van der Waals surface area contributed by atoms with Crippen LogP contribution in [0, 0.1) is 6.92 Å². The number of rotatable bonds is 5. The fraction of sp³-hybridized carbons (Fsp3) is 0.0870. The number of carbonyl (C=O) groups excluding carboxylic acids is 2. The van der Waals surface area contributed by atoms with Gasteiger partial charge in [-0.05, 0) is 42.8 Å². The highest BCUT2D eigenvalue weighted by Gasteiger charge is 2.25. The van der Waals surface area contributed by atoms with Crippen molar-refractivity contribution in [3.8, 4) is 0 Å². The second kappa shape index (κ2) is 8.30. The summed E-state index contributed by atoms with van der Waals surface area (Å²) < 4.78 is 2.03. The van der Waals surface area contributed by atoms with Crippen molar-refractivity contribution in [1.29, 1.82) is 0 Å². The summed E-state index contributed by atoms with van der Waals surface area (Å²) in [4.78, 5) is 29.6. The summed E-state index contributed by atoms with van der Waals surface area (Å²) in [7, 11) is 0. The van der Waals surface area contributed by atoms with Crippen molar-refractivity contribution < 1.29 is 9.59 Å². The maximum absolute atomic E-state index is 13.1. The molecule has 0 saturated heterocycles. The van der Waals surface area contributed by atoms with Crippen LogP contribution in [0.4, 0.5) is 5.69 Å². The minimum absolute atomic E-state index is 0.232. The number of anilines is 1. The van der Waals surface area contributed by atoms with Gasteiger partial charge in [-0.1, -0.05) is 53.5 Å². The number of Topliss-reactive ketones (excluding diaryl/α,β-unsaturated/α-hetero) is 1. The molecule has 0 saturated carbocycles. The molecule has 2 aromatic heterocycles. The van der Waals surface area contributed by atoms with E-state index in [0.29, 0.717) is 22.8 Å². The van der Waals surface area contributed by atoms with Gasteiger partial charge in [-0.2, -0.15) is 0 Å². The van der Waals surface area contributed by atoms with Crippen LogP contribution in [-0.4, -0.2) is 21.2 Å². The number of hydrogen-bond acceptors (Lipinski definition) is 3. The average Bonchev–Trinajstić information content (AvgIpc) is 3.00. The third-order valence-corrected chi connectivity index (χ3v) is 5.36. The van der Waals surface area contributed by atoms with Gasteiger partial charge in [0.05, 0.1) is 5.56 Å². The Morgan fingerprint density at radius 1 is 1.03 bits per heavy atom. The molecule has 0 spiro atoms. The van der Waals surface area contributed by atoms with Gasteiger partial charge in [-0.15, -0.1) is 0 Å². The largest absolute Gasteiger partial charge is 0.340 e. The number of nitrogens with zero attached hydrogens (tertiary/aromatic N) is 2. The van der Waals surface area contributed by atoms with Gasteiger partial charge < -0.3 is 9.88 Å². The summed E-state index contributed by atoms with van der Waals surface area (Å²) in [5.74, 6) is -1.33. The Labute approximate surface area is 183 Å². The van der Waals surface area contributed by atoms with Crippen LogP contribution in [0.25, 0.3) is 10.9 Å². The van der Waals surface area contributed by atoms with Crippen molar-refractivity contribution in [2.75, 3.05) is 5.32 Å². The second-order valence-corrected chi connectivity index (χ2v) is 7.66. The lowest BCUT2D eigenvalue weighted by Gasteiger charge is -2.09. The fourth-order valence-electron chi connectivity index (χ4n) is 3.48. The normalized spacial score (nSPS) is 10.9. The molecule has 150 valence electrons. The molecule has 2 heterocycles. The number of ketones is 1. The Morgan fingerprint density at radius 2 is 1.77 bits per heavy atom. The predicted octanol–water partition coefficient (Wildman–Crippen LogP) is 5.52. The van der Waals surface area contributed by atoms with Crippen LogP contribution in [0.5, 0.6) is 0 Å². The summed E-state index contributed by atoms with van der Waals surface area (Å²) in [5, 5.41) is 4.23. The van der Waals surface area contributed by atoms with Crippen LogP contribution in [0.15, 0.2) is 66.9 Å². The number of nitrogens with one attached hydrogen (secondary N) is 1. The molecular weight excluding hydrogens is 421 g/mol. The monoisotopic (exact) mass is 437 g/mol. The first kappa shape index (κ1) is 20.1. The maximum Gasteiger partial charge on any atom is 0.296 e. The minimum Gasteiger partial charge on any atom is -0.340 e. The van der Waals surface area contributed by atoms with E-state index >= 15 is 0 Å². The van der Waals surface area contributed by atoms with Gasteiger partial charge in [-0.25, -0.2) is 4.98 Å². The van der Waals surface area contributed by atoms with Gasteiger partial charge in [0.15, 0.2) is 0 Å². The number of para-hydroxylation sites is 1. The molecule has 7 heteroatoms.